The predicted molar refractivity (Wildman–Crippen MR) is 74.9 cm³/mol. The molecule has 2 aromatic rings. The van der Waals surface area contributed by atoms with Crippen molar-refractivity contribution in [1.82, 2.24) is 0 Å². The molecule has 0 fully saturated rings. The monoisotopic (exact) mass is 237 g/mol. The maximum Gasteiger partial charge on any atom is 0.126 e. The molecule has 1 heterocycles. The second kappa shape index (κ2) is 4.22. The van der Waals surface area contributed by atoms with Gasteiger partial charge in [0.1, 0.15) is 5.75 Å². The molecule has 2 aromatic carbocycles. The minimum absolute atomic E-state index is 0.897. The van der Waals surface area contributed by atoms with Crippen LogP contribution in [0, 0.1) is 0 Å². The van der Waals surface area contributed by atoms with E-state index in [0.29, 0.717) is 0 Å². The van der Waals surface area contributed by atoms with Gasteiger partial charge < -0.3 is 10.1 Å². The summed E-state index contributed by atoms with van der Waals surface area (Å²) in [5, 5.41) is 3.31. The minimum atomic E-state index is 0.897. The van der Waals surface area contributed by atoms with Crippen LogP contribution in [0.15, 0.2) is 54.7 Å². The van der Waals surface area contributed by atoms with Gasteiger partial charge in [0, 0.05) is 23.4 Å². The molecule has 18 heavy (non-hydrogen) atoms. The van der Waals surface area contributed by atoms with E-state index in [2.05, 4.69) is 36.2 Å². The summed E-state index contributed by atoms with van der Waals surface area (Å²) >= 11 is 0. The molecule has 2 nitrogen and oxygen atoms in total. The fraction of sp³-hybridized carbons (Fsp3) is 0.125. The van der Waals surface area contributed by atoms with Crippen molar-refractivity contribution in [2.75, 3.05) is 12.4 Å². The van der Waals surface area contributed by atoms with E-state index in [-0.39, 0.29) is 0 Å². The van der Waals surface area contributed by atoms with Gasteiger partial charge in [0.05, 0.1) is 7.11 Å². The van der Waals surface area contributed by atoms with E-state index in [1.54, 1.807) is 7.11 Å². The maximum absolute atomic E-state index is 5.40. The lowest BCUT2D eigenvalue weighted by atomic mass is 10.0. The van der Waals surface area contributed by atoms with Gasteiger partial charge in [-0.2, -0.15) is 0 Å². The van der Waals surface area contributed by atoms with Gasteiger partial charge >= 0.3 is 0 Å². The summed E-state index contributed by atoms with van der Waals surface area (Å²) < 4.78 is 5.40. The number of para-hydroxylation sites is 1. The third-order valence-electron chi connectivity index (χ3n) is 3.24. The Kier molecular flexibility index (Phi) is 2.56. The van der Waals surface area contributed by atoms with Gasteiger partial charge in [0.15, 0.2) is 0 Å². The Morgan fingerprint density at radius 1 is 1.17 bits per heavy atom. The number of hydrogen-bond acceptors (Lipinski definition) is 2. The van der Waals surface area contributed by atoms with Crippen LogP contribution in [0.4, 0.5) is 5.69 Å². The van der Waals surface area contributed by atoms with Crippen molar-refractivity contribution in [3.63, 3.8) is 0 Å². The van der Waals surface area contributed by atoms with Crippen LogP contribution in [0.1, 0.15) is 5.56 Å². The van der Waals surface area contributed by atoms with Crippen molar-refractivity contribution < 1.29 is 4.74 Å². The number of allylic oxidation sites excluding steroid dienone is 1. The first-order valence-corrected chi connectivity index (χ1v) is 5.99. The van der Waals surface area contributed by atoms with Crippen molar-refractivity contribution >= 4 is 5.69 Å². The Hall–Kier alpha value is -2.22. The highest BCUT2D eigenvalue weighted by Gasteiger charge is 2.14. The summed E-state index contributed by atoms with van der Waals surface area (Å²) in [4.78, 5) is 0. The van der Waals surface area contributed by atoms with Crippen LogP contribution in [0.25, 0.3) is 11.1 Å². The molecule has 0 radical (unpaired) electrons. The minimum Gasteiger partial charge on any atom is -0.496 e. The number of anilines is 1. The molecule has 0 spiro atoms. The van der Waals surface area contributed by atoms with Gasteiger partial charge in [-0.1, -0.05) is 36.9 Å². The second-order valence-electron chi connectivity index (χ2n) is 4.48. The first-order chi connectivity index (χ1) is 8.78. The maximum atomic E-state index is 5.40. The number of methoxy groups -OCH3 is 1. The SMILES string of the molecule is C=C1Cc2ccc(-c3ccccc3OC)cc2N1. The summed E-state index contributed by atoms with van der Waals surface area (Å²) in [6.45, 7) is 3.97. The van der Waals surface area contributed by atoms with E-state index in [0.717, 1.165) is 34.7 Å². The molecule has 0 saturated carbocycles. The predicted octanol–water partition coefficient (Wildman–Crippen LogP) is 3.84. The van der Waals surface area contributed by atoms with E-state index in [4.69, 9.17) is 4.74 Å². The molecule has 0 bridgehead atoms. The molecule has 0 aromatic heterocycles. The average molecular weight is 237 g/mol. The van der Waals surface area contributed by atoms with E-state index in [1.807, 2.05) is 18.2 Å². The molecular weight excluding hydrogens is 222 g/mol. The smallest absolute Gasteiger partial charge is 0.126 e. The molecule has 1 N–H and O–H groups in total. The lowest BCUT2D eigenvalue weighted by Gasteiger charge is -2.09. The average Bonchev–Trinajstić information content (AvgIpc) is 2.77. The van der Waals surface area contributed by atoms with Crippen molar-refractivity contribution in [3.8, 4) is 16.9 Å². The van der Waals surface area contributed by atoms with E-state index in [1.165, 1.54) is 5.56 Å². The van der Waals surface area contributed by atoms with Crippen molar-refractivity contribution in [2.24, 2.45) is 0 Å². The summed E-state index contributed by atoms with van der Waals surface area (Å²) in [7, 11) is 1.70. The van der Waals surface area contributed by atoms with Crippen LogP contribution < -0.4 is 10.1 Å². The molecular formula is C16H15NO. The molecule has 3 rings (SSSR count). The van der Waals surface area contributed by atoms with Crippen LogP contribution in [0.2, 0.25) is 0 Å². The lowest BCUT2D eigenvalue weighted by Crippen LogP contribution is -1.90. The van der Waals surface area contributed by atoms with Gasteiger partial charge in [0.25, 0.3) is 0 Å². The first kappa shape index (κ1) is 10.9. The van der Waals surface area contributed by atoms with Gasteiger partial charge in [-0.05, 0) is 23.3 Å². The third kappa shape index (κ3) is 1.76. The summed E-state index contributed by atoms with van der Waals surface area (Å²) in [6.07, 6.45) is 0.918. The fourth-order valence-corrected chi connectivity index (χ4v) is 2.36. The lowest BCUT2D eigenvalue weighted by molar-refractivity contribution is 0.416. The molecule has 90 valence electrons. The largest absolute Gasteiger partial charge is 0.496 e. The van der Waals surface area contributed by atoms with Gasteiger partial charge in [-0.25, -0.2) is 0 Å². The van der Waals surface area contributed by atoms with Crippen molar-refractivity contribution in [2.45, 2.75) is 6.42 Å². The van der Waals surface area contributed by atoms with Crippen molar-refractivity contribution in [3.05, 3.63) is 60.3 Å². The Morgan fingerprint density at radius 2 is 2.00 bits per heavy atom. The fourth-order valence-electron chi connectivity index (χ4n) is 2.36. The number of rotatable bonds is 2. The molecule has 0 saturated heterocycles. The first-order valence-electron chi connectivity index (χ1n) is 5.99. The number of ether oxygens (including phenoxy) is 1. The van der Waals surface area contributed by atoms with E-state index in [9.17, 15) is 0 Å². The summed E-state index contributed by atoms with van der Waals surface area (Å²) in [5.41, 5.74) is 5.79. The number of fused-ring (bicyclic) bond motifs is 1. The van der Waals surface area contributed by atoms with Gasteiger partial charge in [-0.3, -0.25) is 0 Å². The standard InChI is InChI=1S/C16H15NO/c1-11-9-13-8-7-12(10-15(13)17-11)14-5-3-4-6-16(14)18-2/h3-8,10,17H,1,9H2,2H3. The second-order valence-corrected chi connectivity index (χ2v) is 4.48. The molecule has 0 amide bonds. The Balaban J connectivity index is 2.08. The Morgan fingerprint density at radius 3 is 2.83 bits per heavy atom. The highest BCUT2D eigenvalue weighted by molar-refractivity contribution is 5.76. The summed E-state index contributed by atoms with van der Waals surface area (Å²) in [5.74, 6) is 0.897. The quantitative estimate of drug-likeness (QED) is 0.856. The molecule has 0 unspecified atom stereocenters. The zero-order chi connectivity index (χ0) is 12.5. The molecule has 2 heteroatoms. The molecule has 1 aliphatic heterocycles. The Bertz CT molecular complexity index is 616. The van der Waals surface area contributed by atoms with Crippen LogP contribution in [-0.2, 0) is 6.42 Å². The normalized spacial score (nSPS) is 13.1. The van der Waals surface area contributed by atoms with Gasteiger partial charge in [0.2, 0.25) is 0 Å². The number of hydrogen-bond donors (Lipinski definition) is 1. The van der Waals surface area contributed by atoms with Crippen LogP contribution in [0.5, 0.6) is 5.75 Å². The van der Waals surface area contributed by atoms with Gasteiger partial charge in [-0.15, -0.1) is 0 Å². The topological polar surface area (TPSA) is 21.3 Å². The third-order valence-corrected chi connectivity index (χ3v) is 3.24. The number of benzene rings is 2. The highest BCUT2D eigenvalue weighted by atomic mass is 16.5. The number of nitrogens with one attached hydrogen (secondary N) is 1. The van der Waals surface area contributed by atoms with E-state index >= 15 is 0 Å². The van der Waals surface area contributed by atoms with Crippen LogP contribution >= 0.6 is 0 Å². The molecule has 0 atom stereocenters. The molecule has 1 aliphatic rings. The summed E-state index contributed by atoms with van der Waals surface area (Å²) in [6, 6.07) is 14.5. The highest BCUT2D eigenvalue weighted by Crippen LogP contribution is 2.35. The van der Waals surface area contributed by atoms with Crippen molar-refractivity contribution in [1.29, 1.82) is 0 Å². The zero-order valence-corrected chi connectivity index (χ0v) is 10.4. The van der Waals surface area contributed by atoms with Crippen LogP contribution in [-0.4, -0.2) is 7.11 Å². The molecule has 0 aliphatic carbocycles. The zero-order valence-electron chi connectivity index (χ0n) is 10.4. The van der Waals surface area contributed by atoms with Crippen LogP contribution in [0.3, 0.4) is 0 Å². The Labute approximate surface area is 107 Å². The van der Waals surface area contributed by atoms with E-state index < -0.39 is 0 Å².